The molecule has 0 bridgehead atoms. The van der Waals surface area contributed by atoms with Crippen molar-refractivity contribution in [1.82, 2.24) is 39.9 Å². The molecule has 0 saturated carbocycles. The van der Waals surface area contributed by atoms with Gasteiger partial charge in [0.25, 0.3) is 0 Å². The molecule has 13 rings (SSSR count). The van der Waals surface area contributed by atoms with Crippen LogP contribution < -0.4 is 5.46 Å². The quantitative estimate of drug-likeness (QED) is 0.119. The molecule has 0 radical (unpaired) electrons. The van der Waals surface area contributed by atoms with E-state index in [1.807, 2.05) is 256 Å². The van der Waals surface area contributed by atoms with Gasteiger partial charge in [-0.25, -0.2) is 29.9 Å². The van der Waals surface area contributed by atoms with Gasteiger partial charge in [0.1, 0.15) is 0 Å². The standard InChI is InChI=1S/C32H29BN4O2.C26H17ClN4.C12H24B2O4/c1-31(2)32(3,4)39-33(38-31)26-18-15-22(16-19-26)27-20-17-25(21-34-27)30-36-28(23-11-7-5-8-12-23)35-29(37-30)24-13-9-6-10-14-24;27-22-14-11-18(12-15-22)23-16-13-21(17-28-23)26-30-24(19-7-3-1-4-8-19)29-25(31-26)20-9-5-2-6-10-20;1-9(2)10(3,4)16-13(15-9)14-17-11(5,6)12(7,8)18-14/h5-21H,1-4H3;1-17H;1-8H3. The zero-order valence-corrected chi connectivity index (χ0v) is 52.5. The predicted molar refractivity (Wildman–Crippen MR) is 352 cm³/mol. The Morgan fingerprint density at radius 1 is 0.273 bits per heavy atom. The minimum absolute atomic E-state index is 0.360. The first-order chi connectivity index (χ1) is 41.9. The van der Waals surface area contributed by atoms with Crippen LogP contribution in [0.4, 0.5) is 0 Å². The molecule has 3 saturated heterocycles. The molecule has 0 amide bonds. The van der Waals surface area contributed by atoms with E-state index >= 15 is 0 Å². The summed E-state index contributed by atoms with van der Waals surface area (Å²) in [5.74, 6) is 3.68. The van der Waals surface area contributed by atoms with Crippen LogP contribution in [0.5, 0.6) is 0 Å². The lowest BCUT2D eigenvalue weighted by atomic mass is 9.49. The third kappa shape index (κ3) is 13.5. The zero-order chi connectivity index (χ0) is 62.1. The van der Waals surface area contributed by atoms with Crippen LogP contribution in [0.2, 0.25) is 5.02 Å². The smallest absolute Gasteiger partial charge is 0.405 e. The molecule has 3 aliphatic rings. The van der Waals surface area contributed by atoms with Crippen molar-refractivity contribution in [1.29, 1.82) is 0 Å². The lowest BCUT2D eigenvalue weighted by Crippen LogP contribution is -2.41. The van der Waals surface area contributed by atoms with Crippen molar-refractivity contribution < 1.29 is 27.9 Å². The number of benzene rings is 6. The molecule has 442 valence electrons. The summed E-state index contributed by atoms with van der Waals surface area (Å²) in [5, 5.41) is 0.701. The van der Waals surface area contributed by atoms with Crippen LogP contribution in [0.25, 0.3) is 90.8 Å². The molecule has 88 heavy (non-hydrogen) atoms. The van der Waals surface area contributed by atoms with Gasteiger partial charge in [-0.05, 0) is 125 Å². The van der Waals surface area contributed by atoms with Crippen LogP contribution in [-0.4, -0.2) is 94.6 Å². The number of aromatic nitrogens is 8. The number of hydrogen-bond acceptors (Lipinski definition) is 14. The number of hydrogen-bond donors (Lipinski definition) is 0. The second kappa shape index (κ2) is 24.8. The van der Waals surface area contributed by atoms with Gasteiger partial charge in [-0.15, -0.1) is 0 Å². The number of rotatable bonds is 10. The maximum atomic E-state index is 6.19. The van der Waals surface area contributed by atoms with Crippen molar-refractivity contribution in [2.75, 3.05) is 0 Å². The van der Waals surface area contributed by atoms with Gasteiger partial charge in [0, 0.05) is 61.9 Å². The third-order valence-corrected chi connectivity index (χ3v) is 17.3. The monoisotopic (exact) mass is 1190 g/mol. The van der Waals surface area contributed by atoms with E-state index in [-0.39, 0.29) is 40.7 Å². The highest BCUT2D eigenvalue weighted by Gasteiger charge is 2.64. The molecule has 0 atom stereocenters. The largest absolute Gasteiger partial charge is 0.494 e. The summed E-state index contributed by atoms with van der Waals surface area (Å²) in [6.07, 6.45) is 3.61. The zero-order valence-electron chi connectivity index (χ0n) is 51.8. The van der Waals surface area contributed by atoms with E-state index in [2.05, 4.69) is 32.7 Å². The molecular formula is C70H70B3ClN8O6. The van der Waals surface area contributed by atoms with Gasteiger partial charge in [-0.2, -0.15) is 0 Å². The SMILES string of the molecule is CC1(C)OB(B2OC(C)(C)C(C)(C)O2)OC1(C)C.CC1(C)OB(c2ccc(-c3ccc(-c4nc(-c5ccccc5)nc(-c5ccccc5)n4)cn3)cc2)OC1(C)C.Clc1ccc(-c2ccc(-c3nc(-c4ccccc4)nc(-c4ccccc4)n3)cn2)cc1. The summed E-state index contributed by atoms with van der Waals surface area (Å²) in [5.41, 5.74) is 7.94. The first kappa shape index (κ1) is 61.5. The Bertz CT molecular complexity index is 3810. The first-order valence-corrected chi connectivity index (χ1v) is 29.9. The van der Waals surface area contributed by atoms with Gasteiger partial charge in [-0.3, -0.25) is 9.97 Å². The van der Waals surface area contributed by atoms with Gasteiger partial charge < -0.3 is 27.9 Å². The highest BCUT2D eigenvalue weighted by Crippen LogP contribution is 2.43. The number of halogens is 1. The fourth-order valence-electron chi connectivity index (χ4n) is 9.68. The van der Waals surface area contributed by atoms with Crippen LogP contribution in [0.1, 0.15) is 83.1 Å². The van der Waals surface area contributed by atoms with E-state index in [0.29, 0.717) is 40.0 Å². The molecular weight excluding hydrogens is 1120 g/mol. The summed E-state index contributed by atoms with van der Waals surface area (Å²) >= 11 is 5.99. The van der Waals surface area contributed by atoms with Gasteiger partial charge >= 0.3 is 21.1 Å². The summed E-state index contributed by atoms with van der Waals surface area (Å²) < 4.78 is 36.2. The fraction of sp³-hybridized carbons (Fsp3) is 0.257. The summed E-state index contributed by atoms with van der Waals surface area (Å²) in [6.45, 7) is 24.5. The van der Waals surface area contributed by atoms with Crippen molar-refractivity contribution in [3.8, 4) is 90.8 Å². The van der Waals surface area contributed by atoms with Crippen LogP contribution in [0.15, 0.2) is 207 Å². The van der Waals surface area contributed by atoms with E-state index in [4.69, 9.17) is 74.4 Å². The van der Waals surface area contributed by atoms with Crippen LogP contribution in [0.3, 0.4) is 0 Å². The van der Waals surface area contributed by atoms with Crippen molar-refractivity contribution in [2.45, 2.75) is 117 Å². The highest BCUT2D eigenvalue weighted by atomic mass is 35.5. The molecule has 4 aromatic heterocycles. The molecule has 7 heterocycles. The highest BCUT2D eigenvalue weighted by molar-refractivity contribution is 7.11. The molecule has 0 N–H and O–H groups in total. The normalized spacial score (nSPS) is 17.4. The Morgan fingerprint density at radius 3 is 0.795 bits per heavy atom. The average molecular weight is 1190 g/mol. The Hall–Kier alpha value is -8.12. The van der Waals surface area contributed by atoms with E-state index in [9.17, 15) is 0 Å². The van der Waals surface area contributed by atoms with Crippen molar-refractivity contribution in [3.05, 3.63) is 212 Å². The van der Waals surface area contributed by atoms with Gasteiger partial charge in [0.2, 0.25) is 0 Å². The van der Waals surface area contributed by atoms with Crippen LogP contribution >= 0.6 is 11.6 Å². The maximum Gasteiger partial charge on any atom is 0.494 e. The van der Waals surface area contributed by atoms with Gasteiger partial charge in [-0.1, -0.05) is 169 Å². The molecule has 0 aliphatic carbocycles. The van der Waals surface area contributed by atoms with Crippen molar-refractivity contribution >= 4 is 38.2 Å². The van der Waals surface area contributed by atoms with E-state index in [1.54, 1.807) is 6.20 Å². The van der Waals surface area contributed by atoms with Gasteiger partial charge in [0.15, 0.2) is 34.9 Å². The van der Waals surface area contributed by atoms with Crippen LogP contribution in [0, 0.1) is 0 Å². The van der Waals surface area contributed by atoms with Crippen molar-refractivity contribution in [2.24, 2.45) is 0 Å². The summed E-state index contributed by atoms with van der Waals surface area (Å²) in [6, 6.07) is 63.5. The number of nitrogens with zero attached hydrogens (tertiary/aromatic N) is 8. The molecule has 0 unspecified atom stereocenters. The summed E-state index contributed by atoms with van der Waals surface area (Å²) in [7, 11) is -1.34. The van der Waals surface area contributed by atoms with E-state index in [0.717, 1.165) is 61.4 Å². The average Bonchev–Trinajstić information content (AvgIpc) is 1.85. The maximum absolute atomic E-state index is 6.19. The minimum atomic E-state index is -0.476. The third-order valence-electron chi connectivity index (χ3n) is 17.1. The minimum Gasteiger partial charge on any atom is -0.405 e. The Kier molecular flexibility index (Phi) is 17.3. The van der Waals surface area contributed by atoms with E-state index in [1.165, 1.54) is 0 Å². The second-order valence-corrected chi connectivity index (χ2v) is 25.3. The van der Waals surface area contributed by atoms with Crippen LogP contribution in [-0.2, 0) is 27.9 Å². The molecule has 0 spiro atoms. The molecule has 10 aromatic rings. The summed E-state index contributed by atoms with van der Waals surface area (Å²) in [4.78, 5) is 37.9. The lowest BCUT2D eigenvalue weighted by molar-refractivity contribution is 0.00578. The van der Waals surface area contributed by atoms with Gasteiger partial charge in [0.05, 0.1) is 45.0 Å². The molecule has 3 aliphatic heterocycles. The molecule has 14 nitrogen and oxygen atoms in total. The first-order valence-electron chi connectivity index (χ1n) is 29.5. The Balaban J connectivity index is 0.000000146. The predicted octanol–water partition coefficient (Wildman–Crippen LogP) is 15.1. The fourth-order valence-corrected chi connectivity index (χ4v) is 9.81. The lowest BCUT2D eigenvalue weighted by Gasteiger charge is -2.32. The topological polar surface area (TPSA) is 158 Å². The van der Waals surface area contributed by atoms with E-state index < -0.39 is 14.0 Å². The molecule has 18 heteroatoms. The van der Waals surface area contributed by atoms with Crippen molar-refractivity contribution in [3.63, 3.8) is 0 Å². The Morgan fingerprint density at radius 2 is 0.523 bits per heavy atom. The Labute approximate surface area is 522 Å². The second-order valence-electron chi connectivity index (χ2n) is 24.9. The molecule has 3 fully saturated rings. The molecule has 6 aromatic carbocycles. The number of pyridine rings is 2.